The molecule has 8 aromatic rings. The van der Waals surface area contributed by atoms with Gasteiger partial charge in [0.05, 0.1) is 0 Å². The van der Waals surface area contributed by atoms with Crippen LogP contribution in [0.3, 0.4) is 0 Å². The average Bonchev–Trinajstić information content (AvgIpc) is 3.55. The van der Waals surface area contributed by atoms with Crippen LogP contribution in [-0.2, 0) is 10.8 Å². The first-order valence-electron chi connectivity index (χ1n) is 21.8. The molecule has 0 amide bonds. The molecule has 0 aliphatic carbocycles. The summed E-state index contributed by atoms with van der Waals surface area (Å²) < 4.78 is 7.13. The number of benzene rings is 8. The van der Waals surface area contributed by atoms with Gasteiger partial charge < -0.3 is 9.64 Å². The number of rotatable bonds is 4. The minimum atomic E-state index is -2.77. The highest BCUT2D eigenvalue weighted by atomic mass is 28.3. The third kappa shape index (κ3) is 5.68. The summed E-state index contributed by atoms with van der Waals surface area (Å²) >= 11 is 0. The van der Waals surface area contributed by atoms with E-state index in [9.17, 15) is 0 Å². The van der Waals surface area contributed by atoms with Crippen LogP contribution in [0.1, 0.15) is 58.2 Å². The van der Waals surface area contributed by atoms with Crippen LogP contribution in [0.15, 0.2) is 176 Å². The molecular formula is C57H50BNOSi. The van der Waals surface area contributed by atoms with E-state index in [1.165, 1.54) is 87.5 Å². The fourth-order valence-electron chi connectivity index (χ4n) is 10.8. The van der Waals surface area contributed by atoms with Crippen molar-refractivity contribution >= 4 is 69.0 Å². The van der Waals surface area contributed by atoms with Crippen molar-refractivity contribution in [1.82, 2.24) is 0 Å². The Morgan fingerprint density at radius 2 is 1.13 bits per heavy atom. The highest BCUT2D eigenvalue weighted by molar-refractivity contribution is 7.22. The van der Waals surface area contributed by atoms with Gasteiger partial charge in [-0.1, -0.05) is 181 Å². The third-order valence-corrected chi connectivity index (χ3v) is 18.4. The van der Waals surface area contributed by atoms with Gasteiger partial charge in [-0.3, -0.25) is 0 Å². The topological polar surface area (TPSA) is 12.5 Å². The SMILES string of the molecule is Cc1cc2c3c(c1)N(c1ccc(C(C)(C)C)cc1)c1cc4c(cc1B3c1ccc(-c3ccccc3C(C)(C)C)cc1O2)-c1ccccc1[Si]4(c1ccccc1)c1ccccc1. The first-order valence-corrected chi connectivity index (χ1v) is 23.8. The summed E-state index contributed by atoms with van der Waals surface area (Å²) in [5.74, 6) is 1.87. The second-order valence-corrected chi connectivity index (χ2v) is 23.1. The Labute approximate surface area is 362 Å². The Morgan fingerprint density at radius 3 is 1.80 bits per heavy atom. The van der Waals surface area contributed by atoms with Crippen LogP contribution in [0, 0.1) is 6.92 Å². The van der Waals surface area contributed by atoms with Crippen molar-refractivity contribution in [2.24, 2.45) is 0 Å². The van der Waals surface area contributed by atoms with Gasteiger partial charge in [0.1, 0.15) is 11.5 Å². The standard InChI is InChI=1S/C57H50BNOSi/c1-37-32-50-55-52(33-37)60-51-34-38(43-22-14-16-24-46(43)57(5,6)7)26-31-47(51)58(55)48-35-45-44-23-15-17-25-53(44)61(41-18-10-8-11-19-41,42-20-12-9-13-21-42)54(45)36-49(48)59(50)40-29-27-39(28-30-40)56(2,3)4/h8-36H,1-7H3. The van der Waals surface area contributed by atoms with E-state index in [1.807, 2.05) is 0 Å². The number of fused-ring (bicyclic) bond motifs is 7. The molecule has 3 aliphatic rings. The lowest BCUT2D eigenvalue weighted by Gasteiger charge is -2.41. The molecule has 2 nitrogen and oxygen atoms in total. The van der Waals surface area contributed by atoms with Gasteiger partial charge in [-0.25, -0.2) is 0 Å². The summed E-state index contributed by atoms with van der Waals surface area (Å²) in [5.41, 5.74) is 16.3. The van der Waals surface area contributed by atoms with E-state index in [-0.39, 0.29) is 17.5 Å². The van der Waals surface area contributed by atoms with Crippen molar-refractivity contribution in [2.45, 2.75) is 59.3 Å². The lowest BCUT2D eigenvalue weighted by Crippen LogP contribution is -2.73. The molecule has 0 N–H and O–H groups in total. The molecule has 4 heteroatoms. The summed E-state index contributed by atoms with van der Waals surface area (Å²) in [6.07, 6.45) is 0. The molecular weight excluding hydrogens is 754 g/mol. The van der Waals surface area contributed by atoms with Gasteiger partial charge in [0.25, 0.3) is 6.71 Å². The Hall–Kier alpha value is -6.36. The van der Waals surface area contributed by atoms with Crippen molar-refractivity contribution in [3.8, 4) is 33.8 Å². The lowest BCUT2D eigenvalue weighted by atomic mass is 9.34. The number of ether oxygens (including phenoxy) is 1. The normalized spacial score (nSPS) is 14.3. The van der Waals surface area contributed by atoms with Crippen LogP contribution in [-0.4, -0.2) is 14.8 Å². The lowest BCUT2D eigenvalue weighted by molar-refractivity contribution is 0.487. The third-order valence-electron chi connectivity index (χ3n) is 13.5. The van der Waals surface area contributed by atoms with Crippen molar-refractivity contribution in [3.05, 3.63) is 193 Å². The predicted octanol–water partition coefficient (Wildman–Crippen LogP) is 10.0. The van der Waals surface area contributed by atoms with Gasteiger partial charge in [0.2, 0.25) is 0 Å². The largest absolute Gasteiger partial charge is 0.458 e. The molecule has 3 aliphatic heterocycles. The maximum absolute atomic E-state index is 7.13. The monoisotopic (exact) mass is 803 g/mol. The summed E-state index contributed by atoms with van der Waals surface area (Å²) in [6.45, 7) is 16.0. The summed E-state index contributed by atoms with van der Waals surface area (Å²) in [7, 11) is -2.77. The molecule has 0 fully saturated rings. The van der Waals surface area contributed by atoms with Gasteiger partial charge in [-0.15, -0.1) is 0 Å². The Bertz CT molecular complexity index is 2990. The van der Waals surface area contributed by atoms with E-state index < -0.39 is 8.07 Å². The maximum Gasteiger partial charge on any atom is 0.256 e. The van der Waals surface area contributed by atoms with Gasteiger partial charge >= 0.3 is 0 Å². The minimum absolute atomic E-state index is 0.00246. The average molecular weight is 804 g/mol. The van der Waals surface area contributed by atoms with Crippen molar-refractivity contribution in [2.75, 3.05) is 4.90 Å². The highest BCUT2D eigenvalue weighted by Gasteiger charge is 2.51. The number of anilines is 3. The van der Waals surface area contributed by atoms with E-state index >= 15 is 0 Å². The van der Waals surface area contributed by atoms with Crippen LogP contribution in [0.5, 0.6) is 11.5 Å². The molecule has 3 heterocycles. The maximum atomic E-state index is 7.13. The van der Waals surface area contributed by atoms with E-state index in [1.54, 1.807) is 0 Å². The van der Waals surface area contributed by atoms with E-state index in [2.05, 4.69) is 229 Å². The molecule has 8 aromatic carbocycles. The van der Waals surface area contributed by atoms with E-state index in [0.29, 0.717) is 0 Å². The van der Waals surface area contributed by atoms with E-state index in [4.69, 9.17) is 4.74 Å². The van der Waals surface area contributed by atoms with Gasteiger partial charge in [-0.2, -0.15) is 0 Å². The second-order valence-electron chi connectivity index (χ2n) is 19.4. The summed E-state index contributed by atoms with van der Waals surface area (Å²) in [6, 6.07) is 66.9. The molecule has 0 aromatic heterocycles. The smallest absolute Gasteiger partial charge is 0.256 e. The number of hydrogen-bond acceptors (Lipinski definition) is 2. The molecule has 0 saturated carbocycles. The first-order chi connectivity index (χ1) is 29.4. The predicted molar refractivity (Wildman–Crippen MR) is 262 cm³/mol. The van der Waals surface area contributed by atoms with Gasteiger partial charge in [0, 0.05) is 17.1 Å². The minimum Gasteiger partial charge on any atom is -0.458 e. The molecule has 0 saturated heterocycles. The quantitative estimate of drug-likeness (QED) is 0.164. The molecule has 296 valence electrons. The molecule has 0 bridgehead atoms. The van der Waals surface area contributed by atoms with Crippen LogP contribution >= 0.6 is 0 Å². The molecule has 61 heavy (non-hydrogen) atoms. The second kappa shape index (κ2) is 13.6. The van der Waals surface area contributed by atoms with Crippen LogP contribution in [0.2, 0.25) is 0 Å². The number of aryl methyl sites for hydroxylation is 1. The van der Waals surface area contributed by atoms with Crippen LogP contribution in [0.4, 0.5) is 17.1 Å². The summed E-state index contributed by atoms with van der Waals surface area (Å²) in [5, 5.41) is 5.71. The molecule has 0 unspecified atom stereocenters. The Balaban J connectivity index is 1.22. The zero-order chi connectivity index (χ0) is 41.8. The van der Waals surface area contributed by atoms with Crippen molar-refractivity contribution in [3.63, 3.8) is 0 Å². The Morgan fingerprint density at radius 1 is 0.492 bits per heavy atom. The van der Waals surface area contributed by atoms with Crippen molar-refractivity contribution in [1.29, 1.82) is 0 Å². The molecule has 0 spiro atoms. The zero-order valence-corrected chi connectivity index (χ0v) is 37.2. The Kier molecular flexibility index (Phi) is 8.37. The fourth-order valence-corrected chi connectivity index (χ4v) is 15.9. The van der Waals surface area contributed by atoms with Crippen LogP contribution < -0.4 is 46.8 Å². The first kappa shape index (κ1) is 37.6. The fraction of sp³-hybridized carbons (Fsp3) is 0.158. The van der Waals surface area contributed by atoms with Crippen LogP contribution in [0.25, 0.3) is 22.3 Å². The molecule has 0 radical (unpaired) electrons. The van der Waals surface area contributed by atoms with Crippen molar-refractivity contribution < 1.29 is 4.74 Å². The van der Waals surface area contributed by atoms with Gasteiger partial charge in [-0.05, 0) is 130 Å². The molecule has 0 atom stereocenters. The summed E-state index contributed by atoms with van der Waals surface area (Å²) in [4.78, 5) is 2.55. The van der Waals surface area contributed by atoms with Gasteiger partial charge in [0.15, 0.2) is 8.07 Å². The number of nitrogens with zero attached hydrogens (tertiary/aromatic N) is 1. The highest BCUT2D eigenvalue weighted by Crippen LogP contribution is 2.44. The number of hydrogen-bond donors (Lipinski definition) is 0. The molecule has 11 rings (SSSR count). The van der Waals surface area contributed by atoms with E-state index in [0.717, 1.165) is 17.2 Å². The zero-order valence-electron chi connectivity index (χ0n) is 36.2.